The number of aliphatic hydroxyl groups is 1. The van der Waals surface area contributed by atoms with Crippen LogP contribution in [0.3, 0.4) is 0 Å². The largest absolute Gasteiger partial charge is 0.394 e. The van der Waals surface area contributed by atoms with Crippen LogP contribution >= 0.6 is 0 Å². The van der Waals surface area contributed by atoms with Crippen molar-refractivity contribution in [3.8, 4) is 0 Å². The van der Waals surface area contributed by atoms with Crippen molar-refractivity contribution in [3.63, 3.8) is 0 Å². The number of nitrogens with two attached hydrogens (primary N) is 1. The Kier molecular flexibility index (Phi) is 4.89. The lowest BCUT2D eigenvalue weighted by molar-refractivity contribution is 0.0503. The summed E-state index contributed by atoms with van der Waals surface area (Å²) in [6, 6.07) is 0. The first kappa shape index (κ1) is 12.9. The third-order valence-electron chi connectivity index (χ3n) is 1.79. The predicted molar refractivity (Wildman–Crippen MR) is 54.6 cm³/mol. The van der Waals surface area contributed by atoms with Crippen LogP contribution in [-0.4, -0.2) is 30.5 Å². The fraction of sp³-hybridized carbons (Fsp3) is 1.00. The Balaban J connectivity index is 3.47. The molecule has 1 atom stereocenters. The Morgan fingerprint density at radius 3 is 2.15 bits per heavy atom. The molecule has 0 aliphatic carbocycles. The van der Waals surface area contributed by atoms with Crippen molar-refractivity contribution in [2.24, 2.45) is 11.1 Å². The van der Waals surface area contributed by atoms with Crippen LogP contribution < -0.4 is 5.73 Å². The van der Waals surface area contributed by atoms with Gasteiger partial charge in [-0.05, 0) is 18.8 Å². The van der Waals surface area contributed by atoms with E-state index >= 15 is 0 Å². The van der Waals surface area contributed by atoms with E-state index in [1.165, 1.54) is 0 Å². The van der Waals surface area contributed by atoms with Crippen LogP contribution in [-0.2, 0) is 4.74 Å². The van der Waals surface area contributed by atoms with Gasteiger partial charge < -0.3 is 15.6 Å². The van der Waals surface area contributed by atoms with Crippen LogP contribution in [0.15, 0.2) is 0 Å². The summed E-state index contributed by atoms with van der Waals surface area (Å²) in [6.45, 7) is 9.38. The molecule has 80 valence electrons. The summed E-state index contributed by atoms with van der Waals surface area (Å²) in [4.78, 5) is 0. The van der Waals surface area contributed by atoms with Crippen molar-refractivity contribution in [1.29, 1.82) is 0 Å². The van der Waals surface area contributed by atoms with Crippen LogP contribution in [0.4, 0.5) is 0 Å². The van der Waals surface area contributed by atoms with Crippen molar-refractivity contribution in [2.75, 3.05) is 19.8 Å². The van der Waals surface area contributed by atoms with Crippen molar-refractivity contribution in [2.45, 2.75) is 39.7 Å². The fourth-order valence-corrected chi connectivity index (χ4v) is 0.729. The van der Waals surface area contributed by atoms with E-state index in [0.29, 0.717) is 18.6 Å². The summed E-state index contributed by atoms with van der Waals surface area (Å²) in [5.41, 5.74) is 5.39. The smallest absolute Gasteiger partial charge is 0.0665 e. The molecular weight excluding hydrogens is 166 g/mol. The predicted octanol–water partition coefficient (Wildman–Crippen LogP) is 1.15. The Morgan fingerprint density at radius 1 is 1.23 bits per heavy atom. The molecule has 0 amide bonds. The third kappa shape index (κ3) is 8.22. The van der Waals surface area contributed by atoms with E-state index in [9.17, 15) is 0 Å². The normalized spacial score (nSPS) is 17.1. The lowest BCUT2D eigenvalue weighted by atomic mass is 9.93. The maximum Gasteiger partial charge on any atom is 0.0665 e. The minimum Gasteiger partial charge on any atom is -0.394 e. The van der Waals surface area contributed by atoms with Crippen LogP contribution in [0.2, 0.25) is 0 Å². The first-order valence-corrected chi connectivity index (χ1v) is 4.74. The van der Waals surface area contributed by atoms with Crippen LogP contribution in [0.1, 0.15) is 34.1 Å². The lowest BCUT2D eigenvalue weighted by Gasteiger charge is -2.23. The summed E-state index contributed by atoms with van der Waals surface area (Å²) in [5, 5.41) is 8.85. The second kappa shape index (κ2) is 4.94. The molecule has 0 aromatic carbocycles. The second-order valence-corrected chi connectivity index (χ2v) is 5.18. The molecule has 13 heavy (non-hydrogen) atoms. The van der Waals surface area contributed by atoms with Gasteiger partial charge in [-0.1, -0.05) is 20.8 Å². The van der Waals surface area contributed by atoms with E-state index in [0.717, 1.165) is 6.42 Å². The first-order chi connectivity index (χ1) is 5.77. The van der Waals surface area contributed by atoms with E-state index in [-0.39, 0.29) is 6.61 Å². The summed E-state index contributed by atoms with van der Waals surface area (Å²) >= 11 is 0. The highest BCUT2D eigenvalue weighted by Crippen LogP contribution is 2.18. The molecule has 3 N–H and O–H groups in total. The van der Waals surface area contributed by atoms with Crippen molar-refractivity contribution < 1.29 is 9.84 Å². The van der Waals surface area contributed by atoms with Crippen LogP contribution in [0.25, 0.3) is 0 Å². The summed E-state index contributed by atoms with van der Waals surface area (Å²) in [5.74, 6) is 0. The van der Waals surface area contributed by atoms with Crippen molar-refractivity contribution in [1.82, 2.24) is 0 Å². The molecule has 3 heteroatoms. The number of rotatable bonds is 5. The topological polar surface area (TPSA) is 55.5 Å². The minimum absolute atomic E-state index is 0.0392. The highest BCUT2D eigenvalue weighted by Gasteiger charge is 2.17. The van der Waals surface area contributed by atoms with Gasteiger partial charge >= 0.3 is 0 Å². The minimum atomic E-state index is -0.599. The van der Waals surface area contributed by atoms with Gasteiger partial charge in [0.25, 0.3) is 0 Å². The third-order valence-corrected chi connectivity index (χ3v) is 1.79. The van der Waals surface area contributed by atoms with Gasteiger partial charge in [0, 0.05) is 6.61 Å². The fourth-order valence-electron chi connectivity index (χ4n) is 0.729. The van der Waals surface area contributed by atoms with Gasteiger partial charge in [-0.2, -0.15) is 0 Å². The molecule has 0 aromatic heterocycles. The van der Waals surface area contributed by atoms with Crippen LogP contribution in [0, 0.1) is 5.41 Å². The zero-order chi connectivity index (χ0) is 10.5. The SMILES string of the molecule is CC(C)(C)CCOCC(C)(N)CO. The maximum atomic E-state index is 8.85. The number of ether oxygens (including phenoxy) is 1. The average Bonchev–Trinajstić information content (AvgIpc) is 1.97. The quantitative estimate of drug-likeness (QED) is 0.638. The second-order valence-electron chi connectivity index (χ2n) is 5.18. The zero-order valence-electron chi connectivity index (χ0n) is 9.26. The Labute approximate surface area is 81.3 Å². The molecule has 0 fully saturated rings. The number of aliphatic hydroxyl groups excluding tert-OH is 1. The van der Waals surface area contributed by atoms with E-state index < -0.39 is 5.54 Å². The van der Waals surface area contributed by atoms with Gasteiger partial charge in [-0.25, -0.2) is 0 Å². The molecule has 0 saturated heterocycles. The highest BCUT2D eigenvalue weighted by atomic mass is 16.5. The van der Waals surface area contributed by atoms with Gasteiger partial charge in [0.05, 0.1) is 18.8 Å². The molecule has 0 saturated carbocycles. The summed E-state index contributed by atoms with van der Waals surface area (Å²) in [6.07, 6.45) is 1.01. The van der Waals surface area contributed by atoms with Gasteiger partial charge in [-0.3, -0.25) is 0 Å². The summed E-state index contributed by atoms with van der Waals surface area (Å²) in [7, 11) is 0. The molecule has 0 radical (unpaired) electrons. The first-order valence-electron chi connectivity index (χ1n) is 4.74. The Morgan fingerprint density at radius 2 is 1.77 bits per heavy atom. The highest BCUT2D eigenvalue weighted by molar-refractivity contribution is 4.76. The number of hydrogen-bond acceptors (Lipinski definition) is 3. The molecule has 0 heterocycles. The van der Waals surface area contributed by atoms with Crippen molar-refractivity contribution in [3.05, 3.63) is 0 Å². The Hall–Kier alpha value is -0.120. The zero-order valence-corrected chi connectivity index (χ0v) is 9.26. The lowest BCUT2D eigenvalue weighted by Crippen LogP contribution is -2.45. The van der Waals surface area contributed by atoms with E-state index in [1.54, 1.807) is 6.92 Å². The standard InChI is InChI=1S/C10H23NO2/c1-9(2,3)5-6-13-8-10(4,11)7-12/h12H,5-8,11H2,1-4H3. The molecule has 1 unspecified atom stereocenters. The maximum absolute atomic E-state index is 8.85. The van der Waals surface area contributed by atoms with Crippen LogP contribution in [0.5, 0.6) is 0 Å². The molecule has 0 rings (SSSR count). The van der Waals surface area contributed by atoms with Gasteiger partial charge in [-0.15, -0.1) is 0 Å². The molecule has 0 aliphatic heterocycles. The average molecular weight is 189 g/mol. The molecular formula is C10H23NO2. The van der Waals surface area contributed by atoms with Crippen molar-refractivity contribution >= 4 is 0 Å². The van der Waals surface area contributed by atoms with Gasteiger partial charge in [0.1, 0.15) is 0 Å². The molecule has 0 bridgehead atoms. The van der Waals surface area contributed by atoms with Gasteiger partial charge in [0.15, 0.2) is 0 Å². The van der Waals surface area contributed by atoms with E-state index in [1.807, 2.05) is 0 Å². The molecule has 0 aliphatic rings. The van der Waals surface area contributed by atoms with E-state index in [4.69, 9.17) is 15.6 Å². The van der Waals surface area contributed by atoms with Gasteiger partial charge in [0.2, 0.25) is 0 Å². The van der Waals surface area contributed by atoms with E-state index in [2.05, 4.69) is 20.8 Å². The number of hydrogen-bond donors (Lipinski definition) is 2. The molecule has 0 spiro atoms. The molecule has 3 nitrogen and oxygen atoms in total. The molecule has 0 aromatic rings. The Bertz CT molecular complexity index is 138. The summed E-state index contributed by atoms with van der Waals surface area (Å²) < 4.78 is 5.38. The monoisotopic (exact) mass is 189 g/mol.